The average molecular weight is 739 g/mol. The van der Waals surface area contributed by atoms with E-state index in [0.717, 1.165) is 66.5 Å². The average Bonchev–Trinajstić information content (AvgIpc) is 3.31. The van der Waals surface area contributed by atoms with E-state index in [1.807, 2.05) is 60.7 Å². The third-order valence-electron chi connectivity index (χ3n) is 11.1. The lowest BCUT2D eigenvalue weighted by molar-refractivity contribution is 1.07. The molecule has 0 aliphatic rings. The highest BCUT2D eigenvalue weighted by molar-refractivity contribution is 6.24. The van der Waals surface area contributed by atoms with Gasteiger partial charge in [0.1, 0.15) is 0 Å². The number of fused-ring (bicyclic) bond motifs is 6. The monoisotopic (exact) mass is 738 g/mol. The van der Waals surface area contributed by atoms with E-state index in [2.05, 4.69) is 146 Å². The van der Waals surface area contributed by atoms with E-state index in [1.54, 1.807) is 0 Å². The SMILES string of the molecule is c1ccc(-c2nc(-c3ccccc3)nc(-c3ccc(-c4ccc(-c5cccc6c5nc(-c5ccc7ccccc7c5)c5ccc7ccccc7c56)cc4)cc3)n2)cc1. The van der Waals surface area contributed by atoms with Gasteiger partial charge in [-0.2, -0.15) is 0 Å². The van der Waals surface area contributed by atoms with E-state index in [4.69, 9.17) is 19.9 Å². The van der Waals surface area contributed by atoms with Gasteiger partial charge in [-0.1, -0.05) is 200 Å². The Hall–Kier alpha value is -7.82. The summed E-state index contributed by atoms with van der Waals surface area (Å²) in [6.07, 6.45) is 0. The van der Waals surface area contributed by atoms with Crippen LogP contribution < -0.4 is 0 Å². The Morgan fingerprint density at radius 2 is 0.741 bits per heavy atom. The van der Waals surface area contributed by atoms with Crippen LogP contribution in [0.3, 0.4) is 0 Å². The number of aromatic nitrogens is 4. The molecule has 0 bridgehead atoms. The van der Waals surface area contributed by atoms with Crippen LogP contribution in [0, 0.1) is 0 Å². The number of hydrogen-bond donors (Lipinski definition) is 0. The smallest absolute Gasteiger partial charge is 0.164 e. The molecular formula is C54H34N4. The third kappa shape index (κ3) is 5.96. The van der Waals surface area contributed by atoms with E-state index in [-0.39, 0.29) is 0 Å². The minimum Gasteiger partial charge on any atom is -0.246 e. The molecule has 0 spiro atoms. The second-order valence-electron chi connectivity index (χ2n) is 14.6. The maximum Gasteiger partial charge on any atom is 0.164 e. The Morgan fingerprint density at radius 1 is 0.259 bits per heavy atom. The van der Waals surface area contributed by atoms with Gasteiger partial charge in [0.15, 0.2) is 17.5 Å². The molecule has 4 nitrogen and oxygen atoms in total. The molecule has 0 unspecified atom stereocenters. The predicted molar refractivity (Wildman–Crippen MR) is 240 cm³/mol. The molecule has 11 rings (SSSR count). The number of para-hydroxylation sites is 1. The van der Waals surface area contributed by atoms with Gasteiger partial charge < -0.3 is 0 Å². The Bertz CT molecular complexity index is 3250. The molecule has 0 amide bonds. The first-order chi connectivity index (χ1) is 28.7. The molecule has 0 aliphatic carbocycles. The van der Waals surface area contributed by atoms with Gasteiger partial charge >= 0.3 is 0 Å². The molecule has 9 aromatic carbocycles. The lowest BCUT2D eigenvalue weighted by atomic mass is 9.92. The summed E-state index contributed by atoms with van der Waals surface area (Å²) in [5.74, 6) is 1.94. The minimum atomic E-state index is 0.640. The second-order valence-corrected chi connectivity index (χ2v) is 14.6. The van der Waals surface area contributed by atoms with Gasteiger partial charge in [0, 0.05) is 44.0 Å². The van der Waals surface area contributed by atoms with Crippen LogP contribution in [0.1, 0.15) is 0 Å². The van der Waals surface area contributed by atoms with Crippen molar-refractivity contribution in [3.8, 4) is 67.7 Å². The quantitative estimate of drug-likeness (QED) is 0.159. The first-order valence-electron chi connectivity index (χ1n) is 19.6. The van der Waals surface area contributed by atoms with Crippen molar-refractivity contribution in [1.29, 1.82) is 0 Å². The summed E-state index contributed by atoms with van der Waals surface area (Å²) in [7, 11) is 0. The molecule has 11 aromatic rings. The highest BCUT2D eigenvalue weighted by Crippen LogP contribution is 2.41. The van der Waals surface area contributed by atoms with Crippen molar-refractivity contribution >= 4 is 43.2 Å². The summed E-state index contributed by atoms with van der Waals surface area (Å²) in [5, 5.41) is 8.41. The lowest BCUT2D eigenvalue weighted by Gasteiger charge is -2.15. The first kappa shape index (κ1) is 33.5. The van der Waals surface area contributed by atoms with Crippen molar-refractivity contribution in [2.24, 2.45) is 0 Å². The maximum atomic E-state index is 5.52. The van der Waals surface area contributed by atoms with Gasteiger partial charge in [0.25, 0.3) is 0 Å². The van der Waals surface area contributed by atoms with Crippen molar-refractivity contribution < 1.29 is 0 Å². The van der Waals surface area contributed by atoms with Crippen molar-refractivity contribution in [2.75, 3.05) is 0 Å². The summed E-state index contributed by atoms with van der Waals surface area (Å²) in [6, 6.07) is 72.4. The Labute approximate surface area is 335 Å². The number of hydrogen-bond acceptors (Lipinski definition) is 4. The van der Waals surface area contributed by atoms with Crippen LogP contribution in [-0.2, 0) is 0 Å². The van der Waals surface area contributed by atoms with Gasteiger partial charge in [-0.05, 0) is 44.3 Å². The zero-order valence-electron chi connectivity index (χ0n) is 31.4. The Kier molecular flexibility index (Phi) is 8.11. The van der Waals surface area contributed by atoms with E-state index in [9.17, 15) is 0 Å². The summed E-state index contributed by atoms with van der Waals surface area (Å²) in [6.45, 7) is 0. The fraction of sp³-hybridized carbons (Fsp3) is 0. The summed E-state index contributed by atoms with van der Waals surface area (Å²) in [5.41, 5.74) is 10.4. The molecule has 0 saturated carbocycles. The first-order valence-corrected chi connectivity index (χ1v) is 19.6. The zero-order chi connectivity index (χ0) is 38.4. The van der Waals surface area contributed by atoms with Crippen molar-refractivity contribution in [1.82, 2.24) is 19.9 Å². The van der Waals surface area contributed by atoms with Crippen LogP contribution in [0.2, 0.25) is 0 Å². The highest BCUT2D eigenvalue weighted by Gasteiger charge is 2.17. The maximum absolute atomic E-state index is 5.52. The van der Waals surface area contributed by atoms with Gasteiger partial charge in [0.2, 0.25) is 0 Å². The molecule has 0 fully saturated rings. The van der Waals surface area contributed by atoms with Crippen LogP contribution in [0.25, 0.3) is 111 Å². The van der Waals surface area contributed by atoms with Crippen LogP contribution in [0.5, 0.6) is 0 Å². The normalized spacial score (nSPS) is 11.4. The molecule has 0 aliphatic heterocycles. The van der Waals surface area contributed by atoms with E-state index in [1.165, 1.54) is 26.9 Å². The van der Waals surface area contributed by atoms with E-state index in [0.29, 0.717) is 17.5 Å². The predicted octanol–water partition coefficient (Wildman–Crippen LogP) is 13.9. The van der Waals surface area contributed by atoms with Gasteiger partial charge in [-0.15, -0.1) is 0 Å². The van der Waals surface area contributed by atoms with Gasteiger partial charge in [-0.3, -0.25) is 0 Å². The Balaban J connectivity index is 0.986. The fourth-order valence-electron chi connectivity index (χ4n) is 8.18. The fourth-order valence-corrected chi connectivity index (χ4v) is 8.18. The van der Waals surface area contributed by atoms with Gasteiger partial charge in [0.05, 0.1) is 11.2 Å². The molecule has 2 aromatic heterocycles. The largest absolute Gasteiger partial charge is 0.246 e. The molecular weight excluding hydrogens is 705 g/mol. The topological polar surface area (TPSA) is 51.6 Å². The second kappa shape index (κ2) is 14.0. The Morgan fingerprint density at radius 3 is 1.40 bits per heavy atom. The molecule has 0 saturated heterocycles. The minimum absolute atomic E-state index is 0.640. The number of rotatable bonds is 6. The molecule has 270 valence electrons. The summed E-state index contributed by atoms with van der Waals surface area (Å²) >= 11 is 0. The highest BCUT2D eigenvalue weighted by atomic mass is 15.0. The molecule has 58 heavy (non-hydrogen) atoms. The standard InChI is InChI=1S/C54H34N4/c1-3-14-40(15-4-1)52-56-53(41-16-5-2-6-17-41)58-54(57-52)42-29-24-37(25-30-42)36-22-27-39(28-23-36)46-20-11-21-47-49-45-19-10-9-13-38(45)32-33-48(49)50(55-51(46)47)44-31-26-35-12-7-8-18-43(35)34-44/h1-34H. The third-order valence-corrected chi connectivity index (χ3v) is 11.1. The number of nitrogens with zero attached hydrogens (tertiary/aromatic N) is 4. The summed E-state index contributed by atoms with van der Waals surface area (Å²) in [4.78, 5) is 20.2. The van der Waals surface area contributed by atoms with Gasteiger partial charge in [-0.25, -0.2) is 19.9 Å². The van der Waals surface area contributed by atoms with Crippen molar-refractivity contribution in [3.05, 3.63) is 206 Å². The molecule has 4 heteroatoms. The van der Waals surface area contributed by atoms with Crippen LogP contribution in [0.15, 0.2) is 206 Å². The van der Waals surface area contributed by atoms with E-state index < -0.39 is 0 Å². The molecule has 0 atom stereocenters. The molecule has 0 N–H and O–H groups in total. The zero-order valence-corrected chi connectivity index (χ0v) is 31.4. The van der Waals surface area contributed by atoms with Crippen LogP contribution in [0.4, 0.5) is 0 Å². The lowest BCUT2D eigenvalue weighted by Crippen LogP contribution is -2.00. The van der Waals surface area contributed by atoms with E-state index >= 15 is 0 Å². The van der Waals surface area contributed by atoms with Crippen LogP contribution in [-0.4, -0.2) is 19.9 Å². The van der Waals surface area contributed by atoms with Crippen molar-refractivity contribution in [2.45, 2.75) is 0 Å². The summed E-state index contributed by atoms with van der Waals surface area (Å²) < 4.78 is 0. The number of benzene rings is 9. The van der Waals surface area contributed by atoms with Crippen molar-refractivity contribution in [3.63, 3.8) is 0 Å². The molecule has 0 radical (unpaired) electrons. The molecule has 2 heterocycles. The number of pyridine rings is 1. The van der Waals surface area contributed by atoms with Crippen LogP contribution >= 0.6 is 0 Å².